The van der Waals surface area contributed by atoms with Crippen molar-refractivity contribution >= 4 is 10.0 Å². The minimum atomic E-state index is -3.24. The predicted molar refractivity (Wildman–Crippen MR) is 59.3 cm³/mol. The van der Waals surface area contributed by atoms with Crippen LogP contribution < -0.4 is 4.72 Å². The lowest BCUT2D eigenvalue weighted by molar-refractivity contribution is 0.528. The number of rotatable bonds is 5. The Labute approximate surface area is 87.3 Å². The third-order valence-corrected chi connectivity index (χ3v) is 3.33. The molecule has 0 aliphatic carbocycles. The Kier molecular flexibility index (Phi) is 4.63. The van der Waals surface area contributed by atoms with E-state index in [1.807, 2.05) is 13.8 Å². The zero-order valence-electron chi connectivity index (χ0n) is 9.29. The number of hydrogen-bond donors (Lipinski definition) is 1. The molecular formula is C10H19NO2S. The second-order valence-corrected chi connectivity index (χ2v) is 6.21. The molecule has 4 heteroatoms. The summed E-state index contributed by atoms with van der Waals surface area (Å²) in [6.45, 7) is 7.31. The van der Waals surface area contributed by atoms with Gasteiger partial charge >= 0.3 is 0 Å². The number of sulfonamides is 1. The van der Waals surface area contributed by atoms with Crippen molar-refractivity contribution in [2.75, 3.05) is 5.75 Å². The average Bonchev–Trinajstić information content (AvgIpc) is 1.99. The van der Waals surface area contributed by atoms with Crippen molar-refractivity contribution in [3.05, 3.63) is 0 Å². The zero-order valence-corrected chi connectivity index (χ0v) is 10.1. The topological polar surface area (TPSA) is 46.2 Å². The summed E-state index contributed by atoms with van der Waals surface area (Å²) in [5.41, 5.74) is -0.796. The highest BCUT2D eigenvalue weighted by Crippen LogP contribution is 2.06. The summed E-state index contributed by atoms with van der Waals surface area (Å²) in [6.07, 6.45) is 5.84. The molecule has 82 valence electrons. The third-order valence-electron chi connectivity index (χ3n) is 1.74. The zero-order chi connectivity index (χ0) is 11.4. The summed E-state index contributed by atoms with van der Waals surface area (Å²) >= 11 is 0. The number of hydrogen-bond acceptors (Lipinski definition) is 2. The van der Waals surface area contributed by atoms with Gasteiger partial charge in [-0.15, -0.1) is 6.42 Å². The summed E-state index contributed by atoms with van der Waals surface area (Å²) < 4.78 is 25.5. The molecule has 0 rings (SSSR count). The lowest BCUT2D eigenvalue weighted by Crippen LogP contribution is -2.43. The van der Waals surface area contributed by atoms with E-state index in [1.165, 1.54) is 0 Å². The highest BCUT2D eigenvalue weighted by Gasteiger charge is 2.22. The Morgan fingerprint density at radius 3 is 2.29 bits per heavy atom. The van der Waals surface area contributed by atoms with Crippen LogP contribution in [0.5, 0.6) is 0 Å². The number of nitrogens with one attached hydrogen (secondary N) is 1. The quantitative estimate of drug-likeness (QED) is 0.707. The van der Waals surface area contributed by atoms with Gasteiger partial charge in [0.1, 0.15) is 0 Å². The Balaban J connectivity index is 4.31. The molecule has 0 atom stereocenters. The molecular weight excluding hydrogens is 198 g/mol. The smallest absolute Gasteiger partial charge is 0.212 e. The van der Waals surface area contributed by atoms with Gasteiger partial charge < -0.3 is 0 Å². The predicted octanol–water partition coefficient (Wildman–Crippen LogP) is 1.36. The minimum Gasteiger partial charge on any atom is -0.212 e. The van der Waals surface area contributed by atoms with Crippen LogP contribution in [0, 0.1) is 18.3 Å². The first-order valence-electron chi connectivity index (χ1n) is 4.68. The van der Waals surface area contributed by atoms with Crippen LogP contribution in [0.2, 0.25) is 0 Å². The van der Waals surface area contributed by atoms with E-state index >= 15 is 0 Å². The lowest BCUT2D eigenvalue weighted by Gasteiger charge is -2.19. The van der Waals surface area contributed by atoms with E-state index in [9.17, 15) is 8.42 Å². The van der Waals surface area contributed by atoms with Gasteiger partial charge in [0.25, 0.3) is 0 Å². The fourth-order valence-electron chi connectivity index (χ4n) is 0.860. The highest BCUT2D eigenvalue weighted by molar-refractivity contribution is 7.89. The maximum Gasteiger partial charge on any atom is 0.212 e. The molecule has 0 bridgehead atoms. The third kappa shape index (κ3) is 6.01. The molecule has 0 radical (unpaired) electrons. The van der Waals surface area contributed by atoms with Crippen molar-refractivity contribution in [1.82, 2.24) is 4.72 Å². The largest absolute Gasteiger partial charge is 0.212 e. The van der Waals surface area contributed by atoms with E-state index in [0.717, 1.165) is 0 Å². The molecule has 0 unspecified atom stereocenters. The van der Waals surface area contributed by atoms with Gasteiger partial charge in [-0.2, -0.15) is 4.72 Å². The lowest BCUT2D eigenvalue weighted by atomic mass is 10.1. The second kappa shape index (κ2) is 4.81. The molecule has 0 heterocycles. The Hall–Kier alpha value is -0.530. The first-order chi connectivity index (χ1) is 6.18. The molecule has 0 aromatic carbocycles. The van der Waals surface area contributed by atoms with Crippen LogP contribution in [0.3, 0.4) is 0 Å². The SMILES string of the molecule is C#CC(C)(C)NS(=O)(=O)CCC(C)C. The summed E-state index contributed by atoms with van der Waals surface area (Å²) in [7, 11) is -3.24. The number of terminal acetylenes is 1. The first-order valence-corrected chi connectivity index (χ1v) is 6.33. The van der Waals surface area contributed by atoms with Gasteiger partial charge in [-0.3, -0.25) is 0 Å². The van der Waals surface area contributed by atoms with Gasteiger partial charge in [0.05, 0.1) is 11.3 Å². The van der Waals surface area contributed by atoms with Gasteiger partial charge in [0.2, 0.25) is 10.0 Å². The minimum absolute atomic E-state index is 0.135. The van der Waals surface area contributed by atoms with Crippen LogP contribution in [0.1, 0.15) is 34.1 Å². The van der Waals surface area contributed by atoms with Crippen LogP contribution in [-0.2, 0) is 10.0 Å². The Morgan fingerprint density at radius 1 is 1.43 bits per heavy atom. The van der Waals surface area contributed by atoms with Gasteiger partial charge in [-0.1, -0.05) is 19.8 Å². The van der Waals surface area contributed by atoms with E-state index in [0.29, 0.717) is 12.3 Å². The van der Waals surface area contributed by atoms with E-state index in [4.69, 9.17) is 6.42 Å². The van der Waals surface area contributed by atoms with Gasteiger partial charge in [-0.25, -0.2) is 8.42 Å². The summed E-state index contributed by atoms with van der Waals surface area (Å²) in [5.74, 6) is 2.90. The van der Waals surface area contributed by atoms with Crippen LogP contribution >= 0.6 is 0 Å². The van der Waals surface area contributed by atoms with Gasteiger partial charge in [0, 0.05) is 0 Å². The molecule has 1 N–H and O–H groups in total. The maximum absolute atomic E-state index is 11.5. The van der Waals surface area contributed by atoms with E-state index in [-0.39, 0.29) is 5.75 Å². The van der Waals surface area contributed by atoms with Gasteiger partial charge in [0.15, 0.2) is 0 Å². The second-order valence-electron chi connectivity index (χ2n) is 4.37. The standard InChI is InChI=1S/C10H19NO2S/c1-6-10(4,5)11-14(12,13)8-7-9(2)3/h1,9,11H,7-8H2,2-5H3. The van der Waals surface area contributed by atoms with Crippen molar-refractivity contribution < 1.29 is 8.42 Å². The molecule has 0 aromatic heterocycles. The fourth-order valence-corrected chi connectivity index (χ4v) is 2.58. The normalized spacial score (nSPS) is 12.9. The van der Waals surface area contributed by atoms with E-state index in [1.54, 1.807) is 13.8 Å². The fraction of sp³-hybridized carbons (Fsp3) is 0.800. The van der Waals surface area contributed by atoms with Crippen LogP contribution in [-0.4, -0.2) is 19.7 Å². The summed E-state index contributed by atoms with van der Waals surface area (Å²) in [4.78, 5) is 0. The van der Waals surface area contributed by atoms with Crippen molar-refractivity contribution in [3.63, 3.8) is 0 Å². The molecule has 0 saturated heterocycles. The average molecular weight is 217 g/mol. The van der Waals surface area contributed by atoms with Crippen molar-refractivity contribution in [2.24, 2.45) is 5.92 Å². The molecule has 0 fully saturated rings. The van der Waals surface area contributed by atoms with Gasteiger partial charge in [-0.05, 0) is 26.2 Å². The van der Waals surface area contributed by atoms with Crippen molar-refractivity contribution in [2.45, 2.75) is 39.7 Å². The molecule has 0 aliphatic heterocycles. The molecule has 3 nitrogen and oxygen atoms in total. The van der Waals surface area contributed by atoms with E-state index < -0.39 is 15.6 Å². The molecule has 0 spiro atoms. The van der Waals surface area contributed by atoms with Crippen molar-refractivity contribution in [1.29, 1.82) is 0 Å². The van der Waals surface area contributed by atoms with Crippen LogP contribution in [0.4, 0.5) is 0 Å². The highest BCUT2D eigenvalue weighted by atomic mass is 32.2. The first kappa shape index (κ1) is 13.5. The molecule has 0 saturated carbocycles. The Bertz CT molecular complexity index is 310. The Morgan fingerprint density at radius 2 is 1.93 bits per heavy atom. The molecule has 0 amide bonds. The van der Waals surface area contributed by atoms with E-state index in [2.05, 4.69) is 10.6 Å². The van der Waals surface area contributed by atoms with Crippen molar-refractivity contribution in [3.8, 4) is 12.3 Å². The molecule has 0 aliphatic rings. The monoisotopic (exact) mass is 217 g/mol. The van der Waals surface area contributed by atoms with Crippen LogP contribution in [0.25, 0.3) is 0 Å². The maximum atomic E-state index is 11.5. The molecule has 0 aromatic rings. The van der Waals surface area contributed by atoms with Crippen LogP contribution in [0.15, 0.2) is 0 Å². The summed E-state index contributed by atoms with van der Waals surface area (Å²) in [6, 6.07) is 0. The molecule has 14 heavy (non-hydrogen) atoms. The summed E-state index contributed by atoms with van der Waals surface area (Å²) in [5, 5.41) is 0.